The summed E-state index contributed by atoms with van der Waals surface area (Å²) in [6.45, 7) is 0.824. The van der Waals surface area contributed by atoms with Crippen LogP contribution in [0.5, 0.6) is 0 Å². The molecule has 0 radical (unpaired) electrons. The van der Waals surface area contributed by atoms with E-state index >= 15 is 0 Å². The van der Waals surface area contributed by atoms with Crippen LogP contribution in [0.2, 0.25) is 0 Å². The molecule has 6 aliphatic rings. The number of oxazole rings is 1. The number of nitrogens with zero attached hydrogens (tertiary/aromatic N) is 5. The maximum Gasteiger partial charge on any atom is 0.419 e. The third kappa shape index (κ3) is 1.90. The molecule has 38 heavy (non-hydrogen) atoms. The molecule has 6 fully saturated rings. The molecule has 3 aromatic heterocycles. The lowest BCUT2D eigenvalue weighted by molar-refractivity contribution is -0.639. The summed E-state index contributed by atoms with van der Waals surface area (Å²) >= 11 is 0. The predicted octanol–water partition coefficient (Wildman–Crippen LogP) is 1.10. The Morgan fingerprint density at radius 2 is 1.84 bits per heavy atom. The van der Waals surface area contributed by atoms with E-state index in [1.54, 1.807) is 37.5 Å². The number of nitrogens with one attached hydrogen (secondary N) is 2. The van der Waals surface area contributed by atoms with E-state index in [1.807, 2.05) is 0 Å². The molecule has 0 saturated heterocycles. The molecular weight excluding hydrogens is 486 g/mol. The first kappa shape index (κ1) is 20.6. The van der Waals surface area contributed by atoms with Crippen LogP contribution in [-0.4, -0.2) is 37.5 Å². The minimum Gasteiger partial charge on any atom is -0.408 e. The highest BCUT2D eigenvalue weighted by molar-refractivity contribution is 5.98. The average molecular weight is 508 g/mol. The third-order valence-corrected chi connectivity index (χ3v) is 10.7. The first-order chi connectivity index (χ1) is 18.4. The fourth-order valence-corrected chi connectivity index (χ4v) is 9.40. The first-order valence-electron chi connectivity index (χ1n) is 12.8. The van der Waals surface area contributed by atoms with Crippen molar-refractivity contribution in [2.75, 3.05) is 6.54 Å². The van der Waals surface area contributed by atoms with Crippen LogP contribution in [0.4, 0.5) is 0 Å². The minimum absolute atomic E-state index is 0.00126. The van der Waals surface area contributed by atoms with Crippen LogP contribution < -0.4 is 16.4 Å². The van der Waals surface area contributed by atoms with Gasteiger partial charge in [0, 0.05) is 32.3 Å². The summed E-state index contributed by atoms with van der Waals surface area (Å²) in [5.41, 5.74) is 2.88. The van der Waals surface area contributed by atoms with Crippen LogP contribution in [0.15, 0.2) is 45.7 Å². The standard InChI is InChI=1S/C27H21N7O4/c1-33-13-6-11(2-3-15(13)38-25(33)37)8-29-23(35)12-7-14(34-16(32-12)4-5-31-34)24(36)30-10-27-20-17-21(27)19-22(27)18(20)26(17,19)9-28/h2-7,17-22H,8,10H2,1H3,(H,29,35)(H,30,36). The fraction of sp³-hybridized carbons (Fsp3) is 0.407. The number of carbonyl (C=O) groups is 2. The molecule has 0 aliphatic heterocycles. The van der Waals surface area contributed by atoms with Gasteiger partial charge in [0.25, 0.3) is 11.8 Å². The zero-order valence-corrected chi connectivity index (χ0v) is 20.2. The summed E-state index contributed by atoms with van der Waals surface area (Å²) in [6.07, 6.45) is 1.55. The zero-order valence-electron chi connectivity index (χ0n) is 20.2. The van der Waals surface area contributed by atoms with Gasteiger partial charge in [0.2, 0.25) is 0 Å². The maximum atomic E-state index is 13.3. The number of rotatable bonds is 6. The second-order valence-electron chi connectivity index (χ2n) is 11.5. The zero-order chi connectivity index (χ0) is 25.7. The van der Waals surface area contributed by atoms with Crippen molar-refractivity contribution in [2.45, 2.75) is 6.54 Å². The number of aryl methyl sites for hydroxylation is 1. The van der Waals surface area contributed by atoms with Crippen LogP contribution in [0.3, 0.4) is 0 Å². The number of aromatic nitrogens is 4. The number of hydrogen-bond acceptors (Lipinski definition) is 7. The van der Waals surface area contributed by atoms with Gasteiger partial charge in [0.05, 0.1) is 23.2 Å². The topological polar surface area (TPSA) is 147 Å². The van der Waals surface area contributed by atoms with E-state index in [4.69, 9.17) is 4.42 Å². The van der Waals surface area contributed by atoms with Gasteiger partial charge in [-0.2, -0.15) is 10.4 Å². The molecule has 6 saturated carbocycles. The number of hydrogen-bond donors (Lipinski definition) is 2. The summed E-state index contributed by atoms with van der Waals surface area (Å²) in [5.74, 6) is 2.36. The van der Waals surface area contributed by atoms with Crippen molar-refractivity contribution in [1.82, 2.24) is 29.8 Å². The Kier molecular flexibility index (Phi) is 3.33. The van der Waals surface area contributed by atoms with E-state index in [1.165, 1.54) is 15.1 Å². The van der Waals surface area contributed by atoms with Gasteiger partial charge in [-0.25, -0.2) is 14.3 Å². The number of benzene rings is 1. The maximum absolute atomic E-state index is 13.3. The molecule has 6 aliphatic carbocycles. The fourth-order valence-electron chi connectivity index (χ4n) is 9.40. The average Bonchev–Trinajstić information content (AvgIpc) is 3.53. The lowest BCUT2D eigenvalue weighted by Gasteiger charge is -3.10. The van der Waals surface area contributed by atoms with Gasteiger partial charge in [-0.3, -0.25) is 14.2 Å². The molecule has 4 aromatic rings. The Balaban J connectivity index is 0.930. The van der Waals surface area contributed by atoms with Crippen molar-refractivity contribution < 1.29 is 14.0 Å². The third-order valence-electron chi connectivity index (χ3n) is 10.7. The molecule has 0 bridgehead atoms. The van der Waals surface area contributed by atoms with Gasteiger partial charge in [-0.05, 0) is 58.6 Å². The van der Waals surface area contributed by atoms with Gasteiger partial charge in [0.1, 0.15) is 11.4 Å². The smallest absolute Gasteiger partial charge is 0.408 e. The normalized spacial score (nSPS) is 35.7. The van der Waals surface area contributed by atoms with Crippen molar-refractivity contribution in [3.05, 3.63) is 64.0 Å². The Morgan fingerprint density at radius 1 is 1.08 bits per heavy atom. The van der Waals surface area contributed by atoms with E-state index in [2.05, 4.69) is 26.8 Å². The lowest BCUT2D eigenvalue weighted by atomic mass is 8.92. The van der Waals surface area contributed by atoms with E-state index in [-0.39, 0.29) is 34.7 Å². The van der Waals surface area contributed by atoms with Crippen molar-refractivity contribution in [1.29, 1.82) is 5.26 Å². The number of carbonyl (C=O) groups excluding carboxylic acids is 2. The molecule has 188 valence electrons. The largest absolute Gasteiger partial charge is 0.419 e. The second kappa shape index (κ2) is 6.15. The summed E-state index contributed by atoms with van der Waals surface area (Å²) < 4.78 is 8.01. The Labute approximate surface area is 214 Å². The van der Waals surface area contributed by atoms with Crippen molar-refractivity contribution in [2.24, 2.45) is 53.4 Å². The number of amides is 2. The predicted molar refractivity (Wildman–Crippen MR) is 129 cm³/mol. The van der Waals surface area contributed by atoms with E-state index < -0.39 is 11.7 Å². The van der Waals surface area contributed by atoms with E-state index in [9.17, 15) is 19.6 Å². The molecule has 0 spiro atoms. The van der Waals surface area contributed by atoms with Crippen LogP contribution in [-0.2, 0) is 13.6 Å². The second-order valence-corrected chi connectivity index (χ2v) is 11.5. The summed E-state index contributed by atoms with van der Waals surface area (Å²) in [6, 6.07) is 11.0. The van der Waals surface area contributed by atoms with Crippen molar-refractivity contribution >= 4 is 28.6 Å². The number of fused-ring (bicyclic) bond motifs is 2. The SMILES string of the molecule is Cn1c(=O)oc2ccc(CNC(=O)c3cc(C(=O)NCC45C6C7C4C4C5C6C74C#N)n4nccc4n3)cc21. The highest BCUT2D eigenvalue weighted by atomic mass is 16.4. The Morgan fingerprint density at radius 3 is 2.58 bits per heavy atom. The Bertz CT molecular complexity index is 1840. The van der Waals surface area contributed by atoms with E-state index in [0.29, 0.717) is 58.8 Å². The molecule has 0 atom stereocenters. The summed E-state index contributed by atoms with van der Waals surface area (Å²) in [5, 5.41) is 19.8. The van der Waals surface area contributed by atoms with Crippen molar-refractivity contribution in [3.8, 4) is 6.07 Å². The van der Waals surface area contributed by atoms with Gasteiger partial charge in [0.15, 0.2) is 11.2 Å². The van der Waals surface area contributed by atoms with E-state index in [0.717, 1.165) is 5.56 Å². The molecule has 11 nitrogen and oxygen atoms in total. The molecule has 10 rings (SSSR count). The highest BCUT2D eigenvalue weighted by Crippen LogP contribution is 3.09. The van der Waals surface area contributed by atoms with Crippen molar-refractivity contribution in [3.63, 3.8) is 0 Å². The molecule has 3 heterocycles. The Hall–Kier alpha value is -4.46. The molecule has 0 unspecified atom stereocenters. The van der Waals surface area contributed by atoms with Crippen LogP contribution in [0, 0.1) is 57.7 Å². The summed E-state index contributed by atoms with van der Waals surface area (Å²) in [7, 11) is 1.62. The van der Waals surface area contributed by atoms with Gasteiger partial charge in [-0.15, -0.1) is 0 Å². The number of nitriles is 1. The molecule has 2 amide bonds. The van der Waals surface area contributed by atoms with Crippen LogP contribution in [0.25, 0.3) is 16.7 Å². The van der Waals surface area contributed by atoms with Crippen LogP contribution in [0.1, 0.15) is 26.5 Å². The minimum atomic E-state index is -0.448. The summed E-state index contributed by atoms with van der Waals surface area (Å²) in [4.78, 5) is 42.5. The molecule has 2 N–H and O–H groups in total. The lowest BCUT2D eigenvalue weighted by Crippen LogP contribution is -3.10. The van der Waals surface area contributed by atoms with Gasteiger partial charge >= 0.3 is 5.76 Å². The monoisotopic (exact) mass is 507 g/mol. The van der Waals surface area contributed by atoms with Gasteiger partial charge in [-0.1, -0.05) is 6.07 Å². The van der Waals surface area contributed by atoms with Crippen LogP contribution >= 0.6 is 0 Å². The van der Waals surface area contributed by atoms with Gasteiger partial charge < -0.3 is 15.1 Å². The molecule has 11 heteroatoms. The molecular formula is C27H21N7O4. The quantitative estimate of drug-likeness (QED) is 0.397. The highest BCUT2D eigenvalue weighted by Gasteiger charge is 3.10. The molecule has 1 aromatic carbocycles. The first-order valence-corrected chi connectivity index (χ1v) is 12.8.